The lowest BCUT2D eigenvalue weighted by molar-refractivity contribution is 0.0614. The zero-order chi connectivity index (χ0) is 14.9. The van der Waals surface area contributed by atoms with Crippen LogP contribution in [0.25, 0.3) is 22.1 Å². The molecule has 22 heavy (non-hydrogen) atoms. The molecule has 0 atom stereocenters. The molecule has 1 saturated heterocycles. The molecular formula is C17H20N4O. The number of hydrogen-bond donors (Lipinski definition) is 0. The van der Waals surface area contributed by atoms with Crippen LogP contribution < -0.4 is 0 Å². The molecule has 0 radical (unpaired) electrons. The Morgan fingerprint density at radius 2 is 2.09 bits per heavy atom. The quantitative estimate of drug-likeness (QED) is 0.745. The van der Waals surface area contributed by atoms with Crippen molar-refractivity contribution >= 4 is 22.1 Å². The zero-order valence-corrected chi connectivity index (χ0v) is 12.8. The van der Waals surface area contributed by atoms with E-state index in [1.807, 2.05) is 24.5 Å². The Hall–Kier alpha value is -2.01. The average Bonchev–Trinajstić information content (AvgIpc) is 2.94. The van der Waals surface area contributed by atoms with E-state index in [-0.39, 0.29) is 0 Å². The fourth-order valence-electron chi connectivity index (χ4n) is 3.33. The molecule has 5 nitrogen and oxygen atoms in total. The molecule has 0 aromatic carbocycles. The van der Waals surface area contributed by atoms with Crippen molar-refractivity contribution < 1.29 is 4.74 Å². The minimum absolute atomic E-state index is 0.656. The van der Waals surface area contributed by atoms with Crippen LogP contribution in [0.15, 0.2) is 24.5 Å². The van der Waals surface area contributed by atoms with Crippen molar-refractivity contribution in [1.29, 1.82) is 0 Å². The lowest BCUT2D eigenvalue weighted by Gasteiger charge is -2.23. The van der Waals surface area contributed by atoms with Crippen LogP contribution >= 0.6 is 0 Å². The predicted octanol–water partition coefficient (Wildman–Crippen LogP) is 2.97. The second kappa shape index (κ2) is 5.65. The van der Waals surface area contributed by atoms with Gasteiger partial charge in [0.05, 0.1) is 17.2 Å². The normalized spacial score (nSPS) is 16.6. The van der Waals surface area contributed by atoms with Crippen LogP contribution in [-0.2, 0) is 17.7 Å². The van der Waals surface area contributed by atoms with Crippen LogP contribution in [0.1, 0.15) is 25.6 Å². The highest BCUT2D eigenvalue weighted by atomic mass is 16.5. The van der Waals surface area contributed by atoms with E-state index in [0.29, 0.717) is 5.92 Å². The standard InChI is InChI=1S/C17H20N4O/c1-2-15-20-14-10-19-13-4-3-7-18-16(13)17(14)21(15)11-12-5-8-22-9-6-12/h3-4,7,10,12H,2,5-6,8-9,11H2,1H3. The molecule has 0 unspecified atom stereocenters. The van der Waals surface area contributed by atoms with E-state index >= 15 is 0 Å². The van der Waals surface area contributed by atoms with Crippen molar-refractivity contribution in [2.75, 3.05) is 13.2 Å². The summed E-state index contributed by atoms with van der Waals surface area (Å²) in [5.74, 6) is 1.78. The Kier molecular flexibility index (Phi) is 3.50. The summed E-state index contributed by atoms with van der Waals surface area (Å²) in [6.07, 6.45) is 6.88. The van der Waals surface area contributed by atoms with E-state index in [4.69, 9.17) is 9.72 Å². The van der Waals surface area contributed by atoms with E-state index in [9.17, 15) is 0 Å². The second-order valence-corrected chi connectivity index (χ2v) is 5.91. The maximum atomic E-state index is 5.49. The van der Waals surface area contributed by atoms with Gasteiger partial charge in [0, 0.05) is 32.4 Å². The molecule has 0 bridgehead atoms. The Balaban J connectivity index is 1.88. The fourth-order valence-corrected chi connectivity index (χ4v) is 3.33. The first kappa shape index (κ1) is 13.6. The van der Waals surface area contributed by atoms with E-state index in [1.54, 1.807) is 0 Å². The molecule has 0 saturated carbocycles. The maximum absolute atomic E-state index is 5.49. The van der Waals surface area contributed by atoms with Crippen LogP contribution in [-0.4, -0.2) is 32.7 Å². The van der Waals surface area contributed by atoms with Crippen LogP contribution in [0.2, 0.25) is 0 Å². The number of ether oxygens (including phenoxy) is 1. The number of imidazole rings is 1. The lowest BCUT2D eigenvalue weighted by atomic mass is 10.00. The molecule has 1 aliphatic heterocycles. The van der Waals surface area contributed by atoms with E-state index in [1.165, 1.54) is 0 Å². The number of nitrogens with zero attached hydrogens (tertiary/aromatic N) is 4. The number of pyridine rings is 2. The van der Waals surface area contributed by atoms with Crippen molar-refractivity contribution in [2.45, 2.75) is 32.7 Å². The first-order valence-corrected chi connectivity index (χ1v) is 8.03. The summed E-state index contributed by atoms with van der Waals surface area (Å²) in [5.41, 5.74) is 3.98. The molecule has 0 amide bonds. The third-order valence-corrected chi connectivity index (χ3v) is 4.51. The van der Waals surface area contributed by atoms with Gasteiger partial charge in [-0.3, -0.25) is 9.97 Å². The summed E-state index contributed by atoms with van der Waals surface area (Å²) in [6.45, 7) is 4.90. The van der Waals surface area contributed by atoms with Gasteiger partial charge in [-0.15, -0.1) is 0 Å². The van der Waals surface area contributed by atoms with E-state index in [2.05, 4.69) is 21.5 Å². The summed E-state index contributed by atoms with van der Waals surface area (Å²) < 4.78 is 7.85. The third-order valence-electron chi connectivity index (χ3n) is 4.51. The van der Waals surface area contributed by atoms with Gasteiger partial charge >= 0.3 is 0 Å². The minimum Gasteiger partial charge on any atom is -0.381 e. The van der Waals surface area contributed by atoms with E-state index in [0.717, 1.165) is 66.9 Å². The second-order valence-electron chi connectivity index (χ2n) is 5.91. The molecule has 3 aromatic rings. The number of aryl methyl sites for hydroxylation is 1. The number of hydrogen-bond acceptors (Lipinski definition) is 4. The molecule has 0 N–H and O–H groups in total. The Morgan fingerprint density at radius 3 is 2.91 bits per heavy atom. The summed E-state index contributed by atoms with van der Waals surface area (Å²) in [4.78, 5) is 13.8. The Labute approximate surface area is 129 Å². The molecule has 1 aliphatic rings. The first-order valence-electron chi connectivity index (χ1n) is 8.03. The van der Waals surface area contributed by atoms with Crippen molar-refractivity contribution in [3.63, 3.8) is 0 Å². The Bertz CT molecular complexity index is 805. The number of aromatic nitrogens is 4. The summed E-state index contributed by atoms with van der Waals surface area (Å²) in [6, 6.07) is 3.94. The van der Waals surface area contributed by atoms with Gasteiger partial charge in [0.25, 0.3) is 0 Å². The summed E-state index contributed by atoms with van der Waals surface area (Å²) >= 11 is 0. The van der Waals surface area contributed by atoms with Crippen molar-refractivity contribution in [3.8, 4) is 0 Å². The largest absolute Gasteiger partial charge is 0.381 e. The highest BCUT2D eigenvalue weighted by Gasteiger charge is 2.19. The lowest BCUT2D eigenvalue weighted by Crippen LogP contribution is -2.21. The van der Waals surface area contributed by atoms with Crippen LogP contribution in [0.5, 0.6) is 0 Å². The molecule has 1 fully saturated rings. The predicted molar refractivity (Wildman–Crippen MR) is 85.8 cm³/mol. The van der Waals surface area contributed by atoms with Crippen LogP contribution in [0.4, 0.5) is 0 Å². The van der Waals surface area contributed by atoms with Gasteiger partial charge in [0.2, 0.25) is 0 Å². The monoisotopic (exact) mass is 296 g/mol. The first-order chi connectivity index (χ1) is 10.9. The topological polar surface area (TPSA) is 52.8 Å². The van der Waals surface area contributed by atoms with Crippen molar-refractivity contribution in [1.82, 2.24) is 19.5 Å². The summed E-state index contributed by atoms with van der Waals surface area (Å²) in [5, 5.41) is 0. The summed E-state index contributed by atoms with van der Waals surface area (Å²) in [7, 11) is 0. The minimum atomic E-state index is 0.656. The van der Waals surface area contributed by atoms with Crippen LogP contribution in [0, 0.1) is 5.92 Å². The third kappa shape index (κ3) is 2.25. The fraction of sp³-hybridized carbons (Fsp3) is 0.471. The average molecular weight is 296 g/mol. The molecule has 4 rings (SSSR count). The maximum Gasteiger partial charge on any atom is 0.115 e. The van der Waals surface area contributed by atoms with Gasteiger partial charge in [0.15, 0.2) is 0 Å². The number of fused-ring (bicyclic) bond motifs is 3. The molecule has 0 spiro atoms. The SMILES string of the molecule is CCc1nc2cnc3cccnc3c2n1CC1CCOCC1. The molecule has 5 heteroatoms. The van der Waals surface area contributed by atoms with Crippen molar-refractivity contribution in [3.05, 3.63) is 30.4 Å². The van der Waals surface area contributed by atoms with Gasteiger partial charge in [-0.2, -0.15) is 0 Å². The van der Waals surface area contributed by atoms with Gasteiger partial charge in [0.1, 0.15) is 16.9 Å². The van der Waals surface area contributed by atoms with Crippen LogP contribution in [0.3, 0.4) is 0 Å². The van der Waals surface area contributed by atoms with Crippen molar-refractivity contribution in [2.24, 2.45) is 5.92 Å². The smallest absolute Gasteiger partial charge is 0.115 e. The van der Waals surface area contributed by atoms with Gasteiger partial charge in [-0.05, 0) is 30.9 Å². The molecular weight excluding hydrogens is 276 g/mol. The number of rotatable bonds is 3. The Morgan fingerprint density at radius 1 is 1.23 bits per heavy atom. The van der Waals surface area contributed by atoms with Gasteiger partial charge in [-0.25, -0.2) is 4.98 Å². The van der Waals surface area contributed by atoms with E-state index < -0.39 is 0 Å². The zero-order valence-electron chi connectivity index (χ0n) is 12.8. The van der Waals surface area contributed by atoms with Gasteiger partial charge in [-0.1, -0.05) is 6.92 Å². The molecule has 4 heterocycles. The highest BCUT2D eigenvalue weighted by molar-refractivity contribution is 5.99. The molecule has 3 aromatic heterocycles. The molecule has 114 valence electrons. The highest BCUT2D eigenvalue weighted by Crippen LogP contribution is 2.26. The van der Waals surface area contributed by atoms with Gasteiger partial charge < -0.3 is 9.30 Å². The molecule has 0 aliphatic carbocycles.